The Morgan fingerprint density at radius 1 is 1.32 bits per heavy atom. The minimum atomic E-state index is -1.16. The third-order valence-electron chi connectivity index (χ3n) is 2.28. The first-order chi connectivity index (χ1) is 9.08. The lowest BCUT2D eigenvalue weighted by molar-refractivity contribution is -0.383. The van der Waals surface area contributed by atoms with Crippen molar-refractivity contribution in [3.63, 3.8) is 0 Å². The zero-order valence-electron chi connectivity index (χ0n) is 9.48. The van der Waals surface area contributed by atoms with Crippen LogP contribution in [-0.4, -0.2) is 26.0 Å². The zero-order valence-corrected chi connectivity index (χ0v) is 9.48. The molecule has 1 aromatic carbocycles. The fourth-order valence-electron chi connectivity index (χ4n) is 1.45. The van der Waals surface area contributed by atoms with Gasteiger partial charge in [-0.25, -0.2) is 14.8 Å². The van der Waals surface area contributed by atoms with E-state index in [1.807, 2.05) is 0 Å². The molecule has 1 aromatic heterocycles. The van der Waals surface area contributed by atoms with Crippen LogP contribution in [0.3, 0.4) is 0 Å². The summed E-state index contributed by atoms with van der Waals surface area (Å²) in [6, 6.07) is 3.50. The van der Waals surface area contributed by atoms with Crippen LogP contribution in [0.25, 0.3) is 0 Å². The molecule has 2 aromatic rings. The van der Waals surface area contributed by atoms with Crippen LogP contribution >= 0.6 is 0 Å². The van der Waals surface area contributed by atoms with Crippen molar-refractivity contribution in [3.8, 4) is 0 Å². The van der Waals surface area contributed by atoms with Gasteiger partial charge in [-0.1, -0.05) is 0 Å². The van der Waals surface area contributed by atoms with E-state index in [2.05, 4.69) is 15.3 Å². The summed E-state index contributed by atoms with van der Waals surface area (Å²) in [5.41, 5.74) is 0.214. The maximum Gasteiger partial charge on any atom is 0.335 e. The number of nitro groups is 1. The number of nitrogens with one attached hydrogen (secondary N) is 1. The molecule has 96 valence electrons. The Hall–Kier alpha value is -3.03. The first kappa shape index (κ1) is 12.4. The average molecular weight is 260 g/mol. The van der Waals surface area contributed by atoms with Crippen molar-refractivity contribution in [1.82, 2.24) is 9.97 Å². The fraction of sp³-hybridized carbons (Fsp3) is 0. The highest BCUT2D eigenvalue weighted by Crippen LogP contribution is 2.28. The van der Waals surface area contributed by atoms with Crippen LogP contribution in [0.4, 0.5) is 17.1 Å². The molecule has 0 radical (unpaired) electrons. The summed E-state index contributed by atoms with van der Waals surface area (Å²) in [6.45, 7) is 0. The van der Waals surface area contributed by atoms with Gasteiger partial charge in [-0.15, -0.1) is 0 Å². The number of nitrogens with zero attached hydrogens (tertiary/aromatic N) is 3. The molecule has 0 saturated carbocycles. The summed E-state index contributed by atoms with van der Waals surface area (Å²) in [5, 5.41) is 22.5. The van der Waals surface area contributed by atoms with E-state index in [9.17, 15) is 14.9 Å². The van der Waals surface area contributed by atoms with Crippen molar-refractivity contribution in [2.24, 2.45) is 0 Å². The average Bonchev–Trinajstić information content (AvgIpc) is 2.39. The quantitative estimate of drug-likeness (QED) is 0.635. The van der Waals surface area contributed by atoms with E-state index < -0.39 is 10.9 Å². The molecule has 0 aliphatic heterocycles. The van der Waals surface area contributed by atoms with Crippen LogP contribution in [0.5, 0.6) is 0 Å². The summed E-state index contributed by atoms with van der Waals surface area (Å²) < 4.78 is 0. The smallest absolute Gasteiger partial charge is 0.335 e. The van der Waals surface area contributed by atoms with Crippen molar-refractivity contribution in [3.05, 3.63) is 52.6 Å². The van der Waals surface area contributed by atoms with Crippen LogP contribution in [0.15, 0.2) is 36.9 Å². The van der Waals surface area contributed by atoms with Crippen LogP contribution in [0.1, 0.15) is 10.4 Å². The Morgan fingerprint density at radius 3 is 2.58 bits per heavy atom. The van der Waals surface area contributed by atoms with Crippen LogP contribution < -0.4 is 5.32 Å². The minimum absolute atomic E-state index is 0.0510. The molecule has 19 heavy (non-hydrogen) atoms. The molecule has 0 atom stereocenters. The number of nitro benzene ring substituents is 1. The van der Waals surface area contributed by atoms with E-state index in [0.717, 1.165) is 6.07 Å². The Bertz CT molecular complexity index is 630. The normalized spacial score (nSPS) is 9.89. The number of anilines is 2. The van der Waals surface area contributed by atoms with E-state index in [-0.39, 0.29) is 16.9 Å². The Morgan fingerprint density at radius 2 is 2.00 bits per heavy atom. The number of carboxylic acid groups (broad SMARTS) is 1. The van der Waals surface area contributed by atoms with E-state index in [1.54, 1.807) is 0 Å². The lowest BCUT2D eigenvalue weighted by Gasteiger charge is -2.07. The maximum absolute atomic E-state index is 10.9. The predicted molar refractivity (Wildman–Crippen MR) is 65.4 cm³/mol. The highest BCUT2D eigenvalue weighted by molar-refractivity contribution is 5.90. The lowest BCUT2D eigenvalue weighted by atomic mass is 10.1. The number of carbonyl (C=O) groups is 1. The van der Waals surface area contributed by atoms with E-state index in [4.69, 9.17) is 5.11 Å². The maximum atomic E-state index is 10.9. The molecule has 0 saturated heterocycles. The topological polar surface area (TPSA) is 118 Å². The largest absolute Gasteiger partial charge is 0.478 e. The van der Waals surface area contributed by atoms with Crippen LogP contribution in [0.2, 0.25) is 0 Å². The second kappa shape index (κ2) is 5.08. The molecule has 2 rings (SSSR count). The van der Waals surface area contributed by atoms with Gasteiger partial charge in [0.25, 0.3) is 5.69 Å². The van der Waals surface area contributed by atoms with Gasteiger partial charge in [0.2, 0.25) is 0 Å². The number of hydrogen-bond acceptors (Lipinski definition) is 6. The van der Waals surface area contributed by atoms with Crippen molar-refractivity contribution in [2.45, 2.75) is 0 Å². The molecule has 0 aliphatic carbocycles. The molecule has 0 bridgehead atoms. The molecule has 0 amide bonds. The number of hydrogen-bond donors (Lipinski definition) is 2. The summed E-state index contributed by atoms with van der Waals surface area (Å²) in [5.74, 6) is -1.16. The lowest BCUT2D eigenvalue weighted by Crippen LogP contribution is -2.02. The molecule has 0 unspecified atom stereocenters. The van der Waals surface area contributed by atoms with Gasteiger partial charge in [-0.2, -0.15) is 0 Å². The van der Waals surface area contributed by atoms with Crippen LogP contribution in [-0.2, 0) is 0 Å². The SMILES string of the molecule is O=C(O)c1ccc([N+](=O)[O-])c(Nc2cncnc2)c1. The van der Waals surface area contributed by atoms with Crippen molar-refractivity contribution >= 4 is 23.0 Å². The highest BCUT2D eigenvalue weighted by atomic mass is 16.6. The first-order valence-electron chi connectivity index (χ1n) is 5.11. The third kappa shape index (κ3) is 2.80. The number of carboxylic acids is 1. The van der Waals surface area contributed by atoms with Gasteiger partial charge in [0.15, 0.2) is 0 Å². The standard InChI is InChI=1S/C11H8N4O4/c16-11(17)7-1-2-10(15(18)19)9(3-7)14-8-4-12-6-13-5-8/h1-6,14H,(H,16,17). The van der Waals surface area contributed by atoms with E-state index in [0.29, 0.717) is 5.69 Å². The summed E-state index contributed by atoms with van der Waals surface area (Å²) in [7, 11) is 0. The van der Waals surface area contributed by atoms with E-state index in [1.165, 1.54) is 30.9 Å². The fourth-order valence-corrected chi connectivity index (χ4v) is 1.45. The third-order valence-corrected chi connectivity index (χ3v) is 2.28. The number of aromatic carboxylic acids is 1. The highest BCUT2D eigenvalue weighted by Gasteiger charge is 2.16. The Labute approximate surface area is 106 Å². The molecular formula is C11H8N4O4. The summed E-state index contributed by atoms with van der Waals surface area (Å²) >= 11 is 0. The summed E-state index contributed by atoms with van der Waals surface area (Å²) in [4.78, 5) is 28.7. The van der Waals surface area contributed by atoms with Gasteiger partial charge in [-0.05, 0) is 12.1 Å². The minimum Gasteiger partial charge on any atom is -0.478 e. The molecule has 8 heteroatoms. The molecule has 8 nitrogen and oxygen atoms in total. The Balaban J connectivity index is 2.43. The van der Waals surface area contributed by atoms with Crippen molar-refractivity contribution in [2.75, 3.05) is 5.32 Å². The predicted octanol–water partition coefficient (Wildman–Crippen LogP) is 1.83. The second-order valence-corrected chi connectivity index (χ2v) is 3.55. The molecular weight excluding hydrogens is 252 g/mol. The van der Waals surface area contributed by atoms with Gasteiger partial charge < -0.3 is 10.4 Å². The van der Waals surface area contributed by atoms with Gasteiger partial charge in [0.1, 0.15) is 12.0 Å². The zero-order chi connectivity index (χ0) is 13.8. The molecule has 0 spiro atoms. The van der Waals surface area contributed by atoms with Crippen molar-refractivity contribution in [1.29, 1.82) is 0 Å². The van der Waals surface area contributed by atoms with Gasteiger partial charge >= 0.3 is 5.97 Å². The van der Waals surface area contributed by atoms with E-state index >= 15 is 0 Å². The van der Waals surface area contributed by atoms with Gasteiger partial charge in [0.05, 0.1) is 28.6 Å². The Kier molecular flexibility index (Phi) is 3.33. The number of benzene rings is 1. The van der Waals surface area contributed by atoms with Crippen LogP contribution in [0, 0.1) is 10.1 Å². The first-order valence-corrected chi connectivity index (χ1v) is 5.11. The monoisotopic (exact) mass is 260 g/mol. The van der Waals surface area contributed by atoms with Gasteiger partial charge in [0, 0.05) is 6.07 Å². The molecule has 2 N–H and O–H groups in total. The molecule has 0 aliphatic rings. The van der Waals surface area contributed by atoms with Gasteiger partial charge in [-0.3, -0.25) is 10.1 Å². The summed E-state index contributed by atoms with van der Waals surface area (Å²) in [6.07, 6.45) is 4.15. The molecule has 1 heterocycles. The number of rotatable bonds is 4. The van der Waals surface area contributed by atoms with Crippen molar-refractivity contribution < 1.29 is 14.8 Å². The second-order valence-electron chi connectivity index (χ2n) is 3.55. The number of aromatic nitrogens is 2. The molecule has 0 fully saturated rings.